The standard InChI is InChI=1S/C13H17ClFN5O4/c1-3-23-8-6-7(18-11(16)19-8)20(5-17-6)10-12(2,14)9(22)13(15,4-21)24-10/h5,9-10,21-22H,3-4H2,1-2H3,(H2,16,18,19)/t9-,10+,12+,13+/m0/s1. The maximum atomic E-state index is 14.5. The summed E-state index contributed by atoms with van der Waals surface area (Å²) in [6.07, 6.45) is -1.66. The topological polar surface area (TPSA) is 129 Å². The Kier molecular flexibility index (Phi) is 4.03. The van der Waals surface area contributed by atoms with E-state index in [1.807, 2.05) is 0 Å². The van der Waals surface area contributed by atoms with Gasteiger partial charge in [0.05, 0.1) is 12.9 Å². The van der Waals surface area contributed by atoms with Crippen LogP contribution in [0, 0.1) is 0 Å². The number of hydrogen-bond donors (Lipinski definition) is 3. The van der Waals surface area contributed by atoms with Gasteiger partial charge in [0.2, 0.25) is 11.8 Å². The van der Waals surface area contributed by atoms with Crippen LogP contribution in [0.2, 0.25) is 0 Å². The Hall–Kier alpha value is -1.75. The maximum absolute atomic E-state index is 14.5. The average molecular weight is 362 g/mol. The number of fused-ring (bicyclic) bond motifs is 1. The molecule has 3 heterocycles. The van der Waals surface area contributed by atoms with Crippen LogP contribution >= 0.6 is 11.6 Å². The molecule has 9 nitrogen and oxygen atoms in total. The third kappa shape index (κ3) is 2.37. The van der Waals surface area contributed by atoms with Gasteiger partial charge in [-0.1, -0.05) is 0 Å². The van der Waals surface area contributed by atoms with Crippen molar-refractivity contribution < 1.29 is 24.1 Å². The second-order valence-corrected chi connectivity index (χ2v) is 6.43. The zero-order valence-electron chi connectivity index (χ0n) is 13.0. The van der Waals surface area contributed by atoms with Crippen LogP contribution in [0.5, 0.6) is 5.88 Å². The van der Waals surface area contributed by atoms with Crippen molar-refractivity contribution in [1.29, 1.82) is 0 Å². The highest BCUT2D eigenvalue weighted by atomic mass is 35.5. The second kappa shape index (κ2) is 5.66. The summed E-state index contributed by atoms with van der Waals surface area (Å²) in [6.45, 7) is 2.44. The SMILES string of the molecule is CCOc1nc(N)nc2c1ncn2[C@@H]1O[C@](F)(CO)[C@@H](O)[C@@]1(C)Cl. The molecule has 0 bridgehead atoms. The van der Waals surface area contributed by atoms with Crippen molar-refractivity contribution >= 4 is 28.7 Å². The van der Waals surface area contributed by atoms with Gasteiger partial charge in [0.1, 0.15) is 17.6 Å². The highest BCUT2D eigenvalue weighted by molar-refractivity contribution is 6.24. The Morgan fingerprint density at radius 1 is 1.54 bits per heavy atom. The maximum Gasteiger partial charge on any atom is 0.262 e. The van der Waals surface area contributed by atoms with Crippen LogP contribution in [0.4, 0.5) is 10.3 Å². The summed E-state index contributed by atoms with van der Waals surface area (Å²) >= 11 is 6.30. The van der Waals surface area contributed by atoms with Crippen molar-refractivity contribution in [3.8, 4) is 5.88 Å². The summed E-state index contributed by atoms with van der Waals surface area (Å²) in [4.78, 5) is 10.6. The Labute approximate surface area is 141 Å². The van der Waals surface area contributed by atoms with E-state index in [1.54, 1.807) is 6.92 Å². The lowest BCUT2D eigenvalue weighted by Gasteiger charge is -2.26. The number of ether oxygens (including phenoxy) is 2. The lowest BCUT2D eigenvalue weighted by atomic mass is 10.00. The van der Waals surface area contributed by atoms with Crippen molar-refractivity contribution in [3.63, 3.8) is 0 Å². The van der Waals surface area contributed by atoms with Gasteiger partial charge in [0.15, 0.2) is 17.4 Å². The predicted octanol–water partition coefficient (Wildman–Crippen LogP) is 0.352. The minimum atomic E-state index is -2.71. The number of nitrogens with zero attached hydrogens (tertiary/aromatic N) is 4. The predicted molar refractivity (Wildman–Crippen MR) is 82.2 cm³/mol. The van der Waals surface area contributed by atoms with Crippen LogP contribution in [0.15, 0.2) is 6.33 Å². The number of aromatic nitrogens is 4. The summed E-state index contributed by atoms with van der Waals surface area (Å²) in [5.41, 5.74) is 6.17. The number of nitrogen functional groups attached to an aromatic ring is 1. The third-order valence-electron chi connectivity index (χ3n) is 3.89. The Morgan fingerprint density at radius 2 is 2.25 bits per heavy atom. The molecule has 132 valence electrons. The van der Waals surface area contributed by atoms with E-state index >= 15 is 0 Å². The van der Waals surface area contributed by atoms with Gasteiger partial charge in [-0.2, -0.15) is 9.97 Å². The van der Waals surface area contributed by atoms with Crippen LogP contribution in [-0.4, -0.2) is 59.8 Å². The Morgan fingerprint density at radius 3 is 2.83 bits per heavy atom. The van der Waals surface area contributed by atoms with Gasteiger partial charge >= 0.3 is 0 Å². The van der Waals surface area contributed by atoms with E-state index in [4.69, 9.17) is 26.8 Å². The fourth-order valence-corrected chi connectivity index (χ4v) is 3.00. The van der Waals surface area contributed by atoms with Crippen molar-refractivity contribution in [1.82, 2.24) is 19.5 Å². The number of nitrogens with two attached hydrogens (primary N) is 1. The van der Waals surface area contributed by atoms with Crippen LogP contribution < -0.4 is 10.5 Å². The fourth-order valence-electron chi connectivity index (χ4n) is 2.69. The van der Waals surface area contributed by atoms with Crippen LogP contribution in [-0.2, 0) is 4.74 Å². The molecule has 0 saturated carbocycles. The quantitative estimate of drug-likeness (QED) is 0.665. The average Bonchev–Trinajstić information content (AvgIpc) is 3.01. The lowest BCUT2D eigenvalue weighted by molar-refractivity contribution is -0.206. The molecule has 1 aliphatic heterocycles. The van der Waals surface area contributed by atoms with Gasteiger partial charge in [-0.05, 0) is 13.8 Å². The molecule has 4 N–H and O–H groups in total. The van der Waals surface area contributed by atoms with Crippen LogP contribution in [0.1, 0.15) is 20.1 Å². The van der Waals surface area contributed by atoms with Gasteiger partial charge in [-0.15, -0.1) is 11.6 Å². The molecule has 0 aromatic carbocycles. The molecule has 3 rings (SSSR count). The molecule has 4 atom stereocenters. The monoisotopic (exact) mass is 361 g/mol. The highest BCUT2D eigenvalue weighted by Crippen LogP contribution is 2.49. The minimum Gasteiger partial charge on any atom is -0.476 e. The summed E-state index contributed by atoms with van der Waals surface area (Å²) in [7, 11) is 0. The van der Waals surface area contributed by atoms with E-state index in [-0.39, 0.29) is 23.0 Å². The first-order chi connectivity index (χ1) is 11.2. The molecule has 0 radical (unpaired) electrons. The summed E-state index contributed by atoms with van der Waals surface area (Å²) in [5.74, 6) is -2.61. The molecule has 24 heavy (non-hydrogen) atoms. The molecule has 2 aromatic rings. The third-order valence-corrected chi connectivity index (χ3v) is 4.28. The van der Waals surface area contributed by atoms with Crippen LogP contribution in [0.3, 0.4) is 0 Å². The zero-order valence-corrected chi connectivity index (χ0v) is 13.7. The van der Waals surface area contributed by atoms with Gasteiger partial charge in [0, 0.05) is 0 Å². The summed E-state index contributed by atoms with van der Waals surface area (Å²) in [5, 5.41) is 19.3. The largest absolute Gasteiger partial charge is 0.476 e. The van der Waals surface area contributed by atoms with Crippen molar-refractivity contribution in [2.24, 2.45) is 0 Å². The number of hydrogen-bond acceptors (Lipinski definition) is 8. The van der Waals surface area contributed by atoms with Crippen molar-refractivity contribution in [3.05, 3.63) is 6.33 Å². The van der Waals surface area contributed by atoms with E-state index < -0.39 is 29.7 Å². The molecule has 1 saturated heterocycles. The van der Waals surface area contributed by atoms with Crippen LogP contribution in [0.25, 0.3) is 11.2 Å². The number of anilines is 1. The second-order valence-electron chi connectivity index (χ2n) is 5.61. The van der Waals surface area contributed by atoms with Gasteiger partial charge in [-0.3, -0.25) is 4.57 Å². The lowest BCUT2D eigenvalue weighted by Crippen LogP contribution is -2.45. The molecule has 0 aliphatic carbocycles. The Balaban J connectivity index is 2.13. The molecular formula is C13H17ClFN5O4. The smallest absolute Gasteiger partial charge is 0.262 e. The van der Waals surface area contributed by atoms with E-state index in [0.29, 0.717) is 6.61 Å². The Bertz CT molecular complexity index is 772. The zero-order chi connectivity index (χ0) is 17.7. The number of rotatable bonds is 4. The van der Waals surface area contributed by atoms with Gasteiger partial charge in [-0.25, -0.2) is 9.37 Å². The minimum absolute atomic E-state index is 0.0730. The number of aliphatic hydroxyl groups is 2. The molecule has 1 fully saturated rings. The summed E-state index contributed by atoms with van der Waals surface area (Å²) < 4.78 is 26.4. The molecular weight excluding hydrogens is 345 g/mol. The van der Waals surface area contributed by atoms with Crippen molar-refractivity contribution in [2.45, 2.75) is 36.9 Å². The number of halogens is 2. The first kappa shape index (κ1) is 17.1. The van der Waals surface area contributed by atoms with Crippen molar-refractivity contribution in [2.75, 3.05) is 18.9 Å². The first-order valence-corrected chi connectivity index (χ1v) is 7.59. The van der Waals surface area contributed by atoms with Gasteiger partial charge in [0.25, 0.3) is 5.85 Å². The molecule has 0 amide bonds. The molecule has 0 spiro atoms. The van der Waals surface area contributed by atoms with E-state index in [0.717, 1.165) is 0 Å². The van der Waals surface area contributed by atoms with E-state index in [9.17, 15) is 14.6 Å². The first-order valence-electron chi connectivity index (χ1n) is 7.22. The number of alkyl halides is 2. The fraction of sp³-hybridized carbons (Fsp3) is 0.615. The molecule has 0 unspecified atom stereocenters. The number of aliphatic hydroxyl groups excluding tert-OH is 2. The normalized spacial score (nSPS) is 33.2. The molecule has 2 aromatic heterocycles. The highest BCUT2D eigenvalue weighted by Gasteiger charge is 2.62. The number of imidazole rings is 1. The summed E-state index contributed by atoms with van der Waals surface area (Å²) in [6, 6.07) is 0. The van der Waals surface area contributed by atoms with E-state index in [1.165, 1.54) is 17.8 Å². The molecule has 1 aliphatic rings. The van der Waals surface area contributed by atoms with E-state index in [2.05, 4.69) is 15.0 Å². The molecule has 11 heteroatoms. The van der Waals surface area contributed by atoms with Gasteiger partial charge < -0.3 is 25.4 Å².